The van der Waals surface area contributed by atoms with Gasteiger partial charge in [-0.25, -0.2) is 0 Å². The molecule has 0 radical (unpaired) electrons. The zero-order valence-corrected chi connectivity index (χ0v) is 10.6. The first-order chi connectivity index (χ1) is 7.16. The average Bonchev–Trinajstić information content (AvgIpc) is 2.53. The monoisotopic (exact) mass is 213 g/mol. The van der Waals surface area contributed by atoms with E-state index in [-0.39, 0.29) is 11.6 Å². The molecule has 0 bridgehead atoms. The van der Waals surface area contributed by atoms with Gasteiger partial charge in [0.2, 0.25) is 0 Å². The van der Waals surface area contributed by atoms with Crippen molar-refractivity contribution >= 4 is 0 Å². The van der Waals surface area contributed by atoms with Crippen LogP contribution in [0.2, 0.25) is 0 Å². The van der Waals surface area contributed by atoms with Crippen LogP contribution in [-0.2, 0) is 4.74 Å². The normalized spacial score (nSPS) is 25.6. The lowest BCUT2D eigenvalue weighted by Gasteiger charge is -2.40. The van der Waals surface area contributed by atoms with E-state index in [1.807, 2.05) is 7.11 Å². The molecule has 1 aliphatic rings. The Bertz CT molecular complexity index is 173. The van der Waals surface area contributed by atoms with E-state index in [1.165, 1.54) is 25.7 Å². The molecular weight excluding hydrogens is 186 g/mol. The third kappa shape index (κ3) is 2.94. The second kappa shape index (κ2) is 5.86. The van der Waals surface area contributed by atoms with Gasteiger partial charge in [-0.2, -0.15) is 0 Å². The van der Waals surface area contributed by atoms with E-state index in [4.69, 9.17) is 10.5 Å². The van der Waals surface area contributed by atoms with Crippen molar-refractivity contribution in [1.82, 2.24) is 0 Å². The van der Waals surface area contributed by atoms with E-state index in [9.17, 15) is 0 Å². The molecule has 0 saturated heterocycles. The maximum Gasteiger partial charge on any atom is 0.0831 e. The number of rotatable bonds is 4. The van der Waals surface area contributed by atoms with Gasteiger partial charge in [-0.1, -0.05) is 46.0 Å². The van der Waals surface area contributed by atoms with Gasteiger partial charge in [-0.15, -0.1) is 0 Å². The molecule has 2 nitrogen and oxygen atoms in total. The molecule has 1 aliphatic carbocycles. The molecule has 0 spiro atoms. The molecule has 0 aromatic rings. The van der Waals surface area contributed by atoms with Crippen molar-refractivity contribution in [3.05, 3.63) is 0 Å². The SMILES string of the molecule is CCC(C)C(N)C1(OC)CCCCCC1. The molecule has 15 heavy (non-hydrogen) atoms. The number of ether oxygens (including phenoxy) is 1. The van der Waals surface area contributed by atoms with Crippen LogP contribution in [0.5, 0.6) is 0 Å². The topological polar surface area (TPSA) is 35.2 Å². The average molecular weight is 213 g/mol. The van der Waals surface area contributed by atoms with Gasteiger partial charge in [0.15, 0.2) is 0 Å². The number of nitrogens with two attached hydrogens (primary N) is 1. The summed E-state index contributed by atoms with van der Waals surface area (Å²) in [4.78, 5) is 0. The Morgan fingerprint density at radius 3 is 2.13 bits per heavy atom. The highest BCUT2D eigenvalue weighted by atomic mass is 16.5. The molecule has 0 aromatic carbocycles. The van der Waals surface area contributed by atoms with Gasteiger partial charge in [-0.3, -0.25) is 0 Å². The molecule has 1 fully saturated rings. The Balaban J connectivity index is 2.71. The first-order valence-corrected chi connectivity index (χ1v) is 6.47. The summed E-state index contributed by atoms with van der Waals surface area (Å²) in [7, 11) is 1.84. The van der Waals surface area contributed by atoms with Crippen LogP contribution in [0.15, 0.2) is 0 Å². The van der Waals surface area contributed by atoms with Crippen molar-refractivity contribution < 1.29 is 4.74 Å². The highest BCUT2D eigenvalue weighted by Crippen LogP contribution is 2.35. The molecule has 2 N–H and O–H groups in total. The summed E-state index contributed by atoms with van der Waals surface area (Å²) in [5.74, 6) is 0.558. The lowest BCUT2D eigenvalue weighted by molar-refractivity contribution is -0.0557. The summed E-state index contributed by atoms with van der Waals surface area (Å²) < 4.78 is 5.82. The minimum Gasteiger partial charge on any atom is -0.377 e. The summed E-state index contributed by atoms with van der Waals surface area (Å²) in [6.45, 7) is 4.46. The maximum absolute atomic E-state index is 6.39. The van der Waals surface area contributed by atoms with E-state index >= 15 is 0 Å². The molecule has 0 amide bonds. The highest BCUT2D eigenvalue weighted by Gasteiger charge is 2.39. The molecule has 2 heteroatoms. The Kier molecular flexibility index (Phi) is 5.07. The van der Waals surface area contributed by atoms with Crippen LogP contribution in [0.1, 0.15) is 58.8 Å². The summed E-state index contributed by atoms with van der Waals surface area (Å²) in [5.41, 5.74) is 6.36. The molecule has 2 atom stereocenters. The van der Waals surface area contributed by atoms with Gasteiger partial charge in [0.05, 0.1) is 5.60 Å². The standard InChI is InChI=1S/C13H27NO/c1-4-11(2)12(14)13(15-3)9-7-5-6-8-10-13/h11-12H,4-10,14H2,1-3H3. The van der Waals surface area contributed by atoms with Gasteiger partial charge in [0.25, 0.3) is 0 Å². The molecule has 0 heterocycles. The van der Waals surface area contributed by atoms with Gasteiger partial charge >= 0.3 is 0 Å². The van der Waals surface area contributed by atoms with E-state index < -0.39 is 0 Å². The van der Waals surface area contributed by atoms with Crippen LogP contribution in [0.25, 0.3) is 0 Å². The van der Waals surface area contributed by atoms with Gasteiger partial charge in [0, 0.05) is 13.2 Å². The minimum atomic E-state index is -0.0358. The molecule has 2 unspecified atom stereocenters. The summed E-state index contributed by atoms with van der Waals surface area (Å²) in [5, 5.41) is 0. The van der Waals surface area contributed by atoms with Crippen molar-refractivity contribution in [2.45, 2.75) is 70.4 Å². The quantitative estimate of drug-likeness (QED) is 0.728. The Morgan fingerprint density at radius 1 is 1.20 bits per heavy atom. The summed E-state index contributed by atoms with van der Waals surface area (Å²) in [6.07, 6.45) is 8.68. The lowest BCUT2D eigenvalue weighted by Crippen LogP contribution is -2.52. The lowest BCUT2D eigenvalue weighted by atomic mass is 9.79. The molecule has 0 aromatic heterocycles. The van der Waals surface area contributed by atoms with E-state index in [2.05, 4.69) is 13.8 Å². The number of methoxy groups -OCH3 is 1. The minimum absolute atomic E-state index is 0.0358. The largest absolute Gasteiger partial charge is 0.377 e. The van der Waals surface area contributed by atoms with E-state index in [0.29, 0.717) is 5.92 Å². The molecule has 90 valence electrons. The zero-order valence-electron chi connectivity index (χ0n) is 10.6. The van der Waals surface area contributed by atoms with Crippen molar-refractivity contribution in [2.24, 2.45) is 11.7 Å². The predicted molar refractivity (Wildman–Crippen MR) is 64.9 cm³/mol. The fourth-order valence-corrected chi connectivity index (χ4v) is 2.77. The second-order valence-electron chi connectivity index (χ2n) is 5.09. The first-order valence-electron chi connectivity index (χ1n) is 6.47. The van der Waals surface area contributed by atoms with Gasteiger partial charge in [-0.05, 0) is 18.8 Å². The first kappa shape index (κ1) is 13.0. The van der Waals surface area contributed by atoms with Gasteiger partial charge in [0.1, 0.15) is 0 Å². The van der Waals surface area contributed by atoms with Crippen LogP contribution in [0.3, 0.4) is 0 Å². The number of hydrogen-bond acceptors (Lipinski definition) is 2. The van der Waals surface area contributed by atoms with Crippen LogP contribution < -0.4 is 5.73 Å². The highest BCUT2D eigenvalue weighted by molar-refractivity contribution is 4.94. The maximum atomic E-state index is 6.39. The Morgan fingerprint density at radius 2 is 1.73 bits per heavy atom. The van der Waals surface area contributed by atoms with Crippen molar-refractivity contribution in [2.75, 3.05) is 7.11 Å². The van der Waals surface area contributed by atoms with Gasteiger partial charge < -0.3 is 10.5 Å². The summed E-state index contributed by atoms with van der Waals surface area (Å²) >= 11 is 0. The van der Waals surface area contributed by atoms with E-state index in [0.717, 1.165) is 19.3 Å². The summed E-state index contributed by atoms with van der Waals surface area (Å²) in [6, 6.07) is 0.200. The van der Waals surface area contributed by atoms with Crippen LogP contribution in [0, 0.1) is 5.92 Å². The Hall–Kier alpha value is -0.0800. The van der Waals surface area contributed by atoms with Crippen molar-refractivity contribution in [3.63, 3.8) is 0 Å². The number of hydrogen-bond donors (Lipinski definition) is 1. The Labute approximate surface area is 94.6 Å². The molecule has 0 aliphatic heterocycles. The fraction of sp³-hybridized carbons (Fsp3) is 1.00. The smallest absolute Gasteiger partial charge is 0.0831 e. The molecular formula is C13H27NO. The zero-order chi connectivity index (χ0) is 11.3. The van der Waals surface area contributed by atoms with Crippen molar-refractivity contribution in [3.8, 4) is 0 Å². The second-order valence-corrected chi connectivity index (χ2v) is 5.09. The predicted octanol–water partition coefficient (Wildman–Crippen LogP) is 3.10. The third-order valence-corrected chi connectivity index (χ3v) is 4.22. The molecule has 1 rings (SSSR count). The van der Waals surface area contributed by atoms with E-state index in [1.54, 1.807) is 0 Å². The third-order valence-electron chi connectivity index (χ3n) is 4.22. The molecule has 1 saturated carbocycles. The van der Waals surface area contributed by atoms with Crippen molar-refractivity contribution in [1.29, 1.82) is 0 Å². The van der Waals surface area contributed by atoms with Crippen LogP contribution in [0.4, 0.5) is 0 Å². The van der Waals surface area contributed by atoms with Crippen LogP contribution >= 0.6 is 0 Å². The van der Waals surface area contributed by atoms with Crippen LogP contribution in [-0.4, -0.2) is 18.8 Å². The fourth-order valence-electron chi connectivity index (χ4n) is 2.77.